The number of esters is 1. The lowest BCUT2D eigenvalue weighted by Gasteiger charge is -2.36. The number of carbonyl (C=O) groups is 2. The van der Waals surface area contributed by atoms with E-state index in [9.17, 15) is 33.0 Å². The Hall–Kier alpha value is -2.85. The number of cyclic esters (lactones) is 1. The molecule has 32 heavy (non-hydrogen) atoms. The van der Waals surface area contributed by atoms with Gasteiger partial charge in [-0.3, -0.25) is 4.79 Å². The zero-order valence-corrected chi connectivity index (χ0v) is 17.0. The largest absolute Gasteiger partial charge is 0.507 e. The number of phenolic OH excluding ortho intramolecular Hbond substituents is 1. The number of benzene rings is 1. The van der Waals surface area contributed by atoms with Crippen molar-refractivity contribution in [3.63, 3.8) is 0 Å². The van der Waals surface area contributed by atoms with Crippen molar-refractivity contribution in [2.45, 2.75) is 62.7 Å². The maximum Gasteiger partial charge on any atom is 0.409 e. The highest BCUT2D eigenvalue weighted by Crippen LogP contribution is 2.32. The summed E-state index contributed by atoms with van der Waals surface area (Å²) in [6.45, 7) is 0. The zero-order chi connectivity index (χ0) is 23.3. The molecule has 0 aromatic heterocycles. The quantitative estimate of drug-likeness (QED) is 0.476. The molecule has 3 N–H and O–H groups in total. The third-order valence-corrected chi connectivity index (χ3v) is 5.20. The minimum Gasteiger partial charge on any atom is -0.507 e. The summed E-state index contributed by atoms with van der Waals surface area (Å²) in [5.41, 5.74) is 0.585. The van der Waals surface area contributed by atoms with Gasteiger partial charge in [0, 0.05) is 31.2 Å². The number of nitrogens with one attached hydrogen (secondary N) is 1. The van der Waals surface area contributed by atoms with Crippen LogP contribution in [0.3, 0.4) is 0 Å². The first-order valence-corrected chi connectivity index (χ1v) is 10.2. The SMILES string of the molecule is O=C(/C=C/C(F)(F)F)N/C=C/C[C@H]1C[C@H]2C[C@H](O)C[C@H](Cc3cccc(O)c3C(=O)O1)O2. The normalized spacial score (nSPS) is 26.6. The first-order valence-electron chi connectivity index (χ1n) is 10.2. The molecule has 0 unspecified atom stereocenters. The lowest BCUT2D eigenvalue weighted by Crippen LogP contribution is -2.40. The number of phenols is 1. The number of aliphatic hydroxyl groups is 1. The molecule has 1 fully saturated rings. The van der Waals surface area contributed by atoms with Crippen LogP contribution in [0.5, 0.6) is 5.75 Å². The number of rotatable bonds is 4. The van der Waals surface area contributed by atoms with Crippen molar-refractivity contribution in [1.29, 1.82) is 0 Å². The molecule has 2 aliphatic heterocycles. The summed E-state index contributed by atoms with van der Waals surface area (Å²) < 4.78 is 47.9. The number of halogens is 3. The third kappa shape index (κ3) is 6.83. The van der Waals surface area contributed by atoms with Crippen LogP contribution in [-0.2, 0) is 20.7 Å². The number of aromatic hydroxyl groups is 1. The van der Waals surface area contributed by atoms with E-state index in [1.165, 1.54) is 18.3 Å². The van der Waals surface area contributed by atoms with Crippen LogP contribution in [0.25, 0.3) is 0 Å². The first-order chi connectivity index (χ1) is 15.1. The van der Waals surface area contributed by atoms with E-state index in [-0.39, 0.29) is 42.4 Å². The highest BCUT2D eigenvalue weighted by molar-refractivity contribution is 5.94. The fourth-order valence-electron chi connectivity index (χ4n) is 3.88. The Morgan fingerprint density at radius 3 is 2.72 bits per heavy atom. The number of aliphatic hydroxyl groups excluding tert-OH is 1. The Balaban J connectivity index is 1.72. The first kappa shape index (κ1) is 23.8. The molecule has 2 bridgehead atoms. The number of alkyl halides is 3. The molecule has 7 nitrogen and oxygen atoms in total. The van der Waals surface area contributed by atoms with Gasteiger partial charge in [0.05, 0.1) is 18.3 Å². The average Bonchev–Trinajstić information content (AvgIpc) is 2.68. The van der Waals surface area contributed by atoms with Crippen LogP contribution in [-0.4, -0.2) is 52.7 Å². The van der Waals surface area contributed by atoms with Crippen molar-refractivity contribution < 1.29 is 42.4 Å². The van der Waals surface area contributed by atoms with Crippen molar-refractivity contribution in [2.75, 3.05) is 0 Å². The fraction of sp³-hybridized carbons (Fsp3) is 0.455. The number of fused-ring (bicyclic) bond motifs is 3. The smallest absolute Gasteiger partial charge is 0.409 e. The summed E-state index contributed by atoms with van der Waals surface area (Å²) in [6.07, 6.45) is -2.22. The van der Waals surface area contributed by atoms with E-state index in [0.29, 0.717) is 30.9 Å². The predicted molar refractivity (Wildman–Crippen MR) is 107 cm³/mol. The molecule has 3 rings (SSSR count). The Bertz CT molecular complexity index is 898. The van der Waals surface area contributed by atoms with Crippen molar-refractivity contribution >= 4 is 11.9 Å². The second kappa shape index (κ2) is 10.2. The monoisotopic (exact) mass is 455 g/mol. The maximum absolute atomic E-state index is 12.8. The van der Waals surface area contributed by atoms with Gasteiger partial charge in [0.2, 0.25) is 5.91 Å². The zero-order valence-electron chi connectivity index (χ0n) is 17.0. The second-order valence-electron chi connectivity index (χ2n) is 7.81. The lowest BCUT2D eigenvalue weighted by atomic mass is 9.91. The predicted octanol–water partition coefficient (Wildman–Crippen LogP) is 2.91. The molecule has 0 aliphatic carbocycles. The number of ether oxygens (including phenoxy) is 2. The van der Waals surface area contributed by atoms with E-state index in [2.05, 4.69) is 5.32 Å². The van der Waals surface area contributed by atoms with E-state index in [4.69, 9.17) is 9.47 Å². The molecule has 1 aromatic rings. The van der Waals surface area contributed by atoms with E-state index in [1.54, 1.807) is 12.1 Å². The maximum atomic E-state index is 12.8. The number of amides is 1. The van der Waals surface area contributed by atoms with Gasteiger partial charge in [-0.25, -0.2) is 4.79 Å². The van der Waals surface area contributed by atoms with Gasteiger partial charge in [0.25, 0.3) is 0 Å². The van der Waals surface area contributed by atoms with Crippen LogP contribution >= 0.6 is 0 Å². The van der Waals surface area contributed by atoms with Gasteiger partial charge < -0.3 is 25.0 Å². The van der Waals surface area contributed by atoms with Gasteiger partial charge in [0.15, 0.2) is 0 Å². The Kier molecular flexibility index (Phi) is 7.57. The summed E-state index contributed by atoms with van der Waals surface area (Å²) in [5.74, 6) is -1.88. The molecule has 4 atom stereocenters. The second-order valence-corrected chi connectivity index (χ2v) is 7.81. The van der Waals surface area contributed by atoms with Crippen LogP contribution in [0.2, 0.25) is 0 Å². The number of allylic oxidation sites excluding steroid dienone is 1. The van der Waals surface area contributed by atoms with E-state index in [0.717, 1.165) is 0 Å². The standard InChI is InChI=1S/C22H24F3NO6/c23-22(24,25)7-6-19(29)26-8-2-4-15-12-17-11-14(27)10-16(31-17)9-13-3-1-5-18(28)20(13)21(30)32-15/h1-3,5-8,14-17,27-28H,4,9-12H2,(H,26,29)/b7-6+,8-2+/t14-,15+,16+,17-/m1/s1. The van der Waals surface area contributed by atoms with Gasteiger partial charge in [-0.15, -0.1) is 0 Å². The van der Waals surface area contributed by atoms with Gasteiger partial charge >= 0.3 is 12.1 Å². The van der Waals surface area contributed by atoms with Crippen molar-refractivity contribution in [3.05, 3.63) is 53.8 Å². The number of carbonyl (C=O) groups excluding carboxylic acids is 2. The molecule has 1 amide bonds. The van der Waals surface area contributed by atoms with E-state index >= 15 is 0 Å². The highest BCUT2D eigenvalue weighted by atomic mass is 19.4. The topological polar surface area (TPSA) is 105 Å². The lowest BCUT2D eigenvalue weighted by molar-refractivity contribution is -0.116. The van der Waals surface area contributed by atoms with E-state index in [1.807, 2.05) is 0 Å². The summed E-state index contributed by atoms with van der Waals surface area (Å²) in [6, 6.07) is 4.68. The molecule has 0 radical (unpaired) electrons. The molecule has 2 aliphatic rings. The summed E-state index contributed by atoms with van der Waals surface area (Å²) in [4.78, 5) is 24.2. The van der Waals surface area contributed by atoms with Gasteiger partial charge in [-0.2, -0.15) is 13.2 Å². The third-order valence-electron chi connectivity index (χ3n) is 5.20. The molecular weight excluding hydrogens is 431 g/mol. The minimum absolute atomic E-state index is 0.0363. The summed E-state index contributed by atoms with van der Waals surface area (Å²) in [5, 5.41) is 22.6. The van der Waals surface area contributed by atoms with Gasteiger partial charge in [-0.1, -0.05) is 18.2 Å². The van der Waals surface area contributed by atoms with E-state index < -0.39 is 30.3 Å². The molecule has 0 saturated carbocycles. The molecular formula is C22H24F3NO6. The average molecular weight is 455 g/mol. The van der Waals surface area contributed by atoms with Crippen LogP contribution < -0.4 is 5.32 Å². The van der Waals surface area contributed by atoms with Crippen LogP contribution in [0.15, 0.2) is 42.6 Å². The van der Waals surface area contributed by atoms with Crippen molar-refractivity contribution in [2.24, 2.45) is 0 Å². The molecule has 174 valence electrons. The van der Waals surface area contributed by atoms with Crippen molar-refractivity contribution in [1.82, 2.24) is 5.32 Å². The van der Waals surface area contributed by atoms with Gasteiger partial charge in [-0.05, 0) is 30.9 Å². The molecule has 2 heterocycles. The summed E-state index contributed by atoms with van der Waals surface area (Å²) >= 11 is 0. The van der Waals surface area contributed by atoms with Gasteiger partial charge in [0.1, 0.15) is 17.4 Å². The summed E-state index contributed by atoms with van der Waals surface area (Å²) in [7, 11) is 0. The Morgan fingerprint density at radius 1 is 1.22 bits per heavy atom. The number of hydrogen-bond acceptors (Lipinski definition) is 6. The van der Waals surface area contributed by atoms with Crippen LogP contribution in [0, 0.1) is 0 Å². The molecule has 0 spiro atoms. The fourth-order valence-corrected chi connectivity index (χ4v) is 3.88. The van der Waals surface area contributed by atoms with Crippen LogP contribution in [0.1, 0.15) is 41.6 Å². The highest BCUT2D eigenvalue weighted by Gasteiger charge is 2.34. The van der Waals surface area contributed by atoms with Crippen LogP contribution in [0.4, 0.5) is 13.2 Å². The van der Waals surface area contributed by atoms with Crippen molar-refractivity contribution in [3.8, 4) is 5.75 Å². The molecule has 1 aromatic carbocycles. The Morgan fingerprint density at radius 2 is 1.97 bits per heavy atom. The Labute approximate surface area is 182 Å². The molecule has 1 saturated heterocycles. The number of hydrogen-bond donors (Lipinski definition) is 3. The molecule has 10 heteroatoms. The minimum atomic E-state index is -4.59.